The number of rotatable bonds is 3. The Morgan fingerprint density at radius 2 is 1.73 bits per heavy atom. The fraction of sp³-hybridized carbons (Fsp3) is 0.125. The average molecular weight is 238 g/mol. The quantitative estimate of drug-likeness (QED) is 0.454. The van der Waals surface area contributed by atoms with E-state index < -0.39 is 16.1 Å². The molecule has 0 saturated carbocycles. The topological polar surface area (TPSA) is 94.5 Å². The third-order valence-corrected chi connectivity index (χ3v) is 2.42. The van der Waals surface area contributed by atoms with E-state index in [1.807, 2.05) is 0 Å². The Hall–Kier alpha value is -0.400. The molecule has 0 aliphatic heterocycles. The van der Waals surface area contributed by atoms with Gasteiger partial charge < -0.3 is 9.66 Å². The maximum Gasteiger partial charge on any atom is 1.00 e. The van der Waals surface area contributed by atoms with Crippen LogP contribution in [0.15, 0.2) is 29.2 Å². The molecule has 0 radical (unpaired) electrons. The third kappa shape index (κ3) is 4.76. The summed E-state index contributed by atoms with van der Waals surface area (Å²) in [6, 6.07) is 4.80. The molecule has 76 valence electrons. The second kappa shape index (κ2) is 5.62. The first-order valence-corrected chi connectivity index (χ1v) is 5.07. The predicted molar refractivity (Wildman–Crippen MR) is 45.7 cm³/mol. The van der Waals surface area contributed by atoms with Crippen LogP contribution in [0, 0.1) is 0 Å². The van der Waals surface area contributed by atoms with Crippen LogP contribution in [-0.2, 0) is 21.3 Å². The van der Waals surface area contributed by atoms with Gasteiger partial charge in [0, 0.05) is 0 Å². The van der Waals surface area contributed by atoms with Crippen LogP contribution in [-0.4, -0.2) is 24.0 Å². The Bertz CT molecular complexity index is 437. The molecule has 0 aromatic heterocycles. The van der Waals surface area contributed by atoms with Gasteiger partial charge in [-0.05, 0) is 17.7 Å². The van der Waals surface area contributed by atoms with Crippen LogP contribution in [0.2, 0.25) is 0 Å². The van der Waals surface area contributed by atoms with E-state index in [1.54, 1.807) is 0 Å². The zero-order valence-electron chi connectivity index (χ0n) is 8.00. The number of aliphatic carboxylic acids is 1. The van der Waals surface area contributed by atoms with Gasteiger partial charge in [0.2, 0.25) is 0 Å². The zero-order chi connectivity index (χ0) is 10.8. The van der Waals surface area contributed by atoms with Crippen LogP contribution in [0.5, 0.6) is 0 Å². The SMILES string of the molecule is O=C(O)Cc1ccc(S(=O)(=O)[O-])cc1.[Na+]. The first-order chi connectivity index (χ1) is 6.39. The van der Waals surface area contributed by atoms with Gasteiger partial charge in [0.15, 0.2) is 0 Å². The number of carboxylic acid groups (broad SMARTS) is 1. The van der Waals surface area contributed by atoms with Crippen molar-refractivity contribution < 1.29 is 52.4 Å². The number of hydrogen-bond acceptors (Lipinski definition) is 4. The van der Waals surface area contributed by atoms with Crippen molar-refractivity contribution in [3.63, 3.8) is 0 Å². The molecule has 0 heterocycles. The summed E-state index contributed by atoms with van der Waals surface area (Å²) in [7, 11) is -4.45. The fourth-order valence-electron chi connectivity index (χ4n) is 0.949. The van der Waals surface area contributed by atoms with Crippen molar-refractivity contribution in [1.29, 1.82) is 0 Å². The molecule has 7 heteroatoms. The van der Waals surface area contributed by atoms with E-state index in [1.165, 1.54) is 12.1 Å². The molecule has 0 aliphatic carbocycles. The Balaban J connectivity index is 0.00000196. The molecule has 1 aromatic rings. The zero-order valence-corrected chi connectivity index (χ0v) is 10.8. The van der Waals surface area contributed by atoms with Gasteiger partial charge in [-0.15, -0.1) is 0 Å². The van der Waals surface area contributed by atoms with E-state index in [4.69, 9.17) is 5.11 Å². The summed E-state index contributed by atoms with van der Waals surface area (Å²) >= 11 is 0. The summed E-state index contributed by atoms with van der Waals surface area (Å²) in [5.41, 5.74) is 0.449. The van der Waals surface area contributed by atoms with Crippen molar-refractivity contribution >= 4 is 16.1 Å². The number of carbonyl (C=O) groups is 1. The van der Waals surface area contributed by atoms with Gasteiger partial charge in [0.1, 0.15) is 10.1 Å². The molecule has 5 nitrogen and oxygen atoms in total. The van der Waals surface area contributed by atoms with E-state index in [0.29, 0.717) is 5.56 Å². The summed E-state index contributed by atoms with van der Waals surface area (Å²) in [5, 5.41) is 8.42. The monoisotopic (exact) mass is 238 g/mol. The van der Waals surface area contributed by atoms with Gasteiger partial charge >= 0.3 is 35.5 Å². The second-order valence-corrected chi connectivity index (χ2v) is 4.05. The minimum Gasteiger partial charge on any atom is -0.744 e. The maximum absolute atomic E-state index is 10.5. The Labute approximate surface area is 109 Å². The number of benzene rings is 1. The Morgan fingerprint density at radius 3 is 2.07 bits per heavy atom. The molecule has 0 fully saturated rings. The van der Waals surface area contributed by atoms with Crippen LogP contribution in [0.25, 0.3) is 0 Å². The van der Waals surface area contributed by atoms with Crippen molar-refractivity contribution in [2.75, 3.05) is 0 Å². The summed E-state index contributed by atoms with van der Waals surface area (Å²) in [5.74, 6) is -1.01. The van der Waals surface area contributed by atoms with Crippen LogP contribution in [0.4, 0.5) is 0 Å². The van der Waals surface area contributed by atoms with Gasteiger partial charge in [-0.25, -0.2) is 8.42 Å². The molecular formula is C8H7NaO5S. The van der Waals surface area contributed by atoms with Crippen molar-refractivity contribution in [2.24, 2.45) is 0 Å². The molecule has 0 atom stereocenters. The second-order valence-electron chi connectivity index (χ2n) is 2.67. The largest absolute Gasteiger partial charge is 1.00 e. The van der Waals surface area contributed by atoms with Crippen LogP contribution >= 0.6 is 0 Å². The molecule has 15 heavy (non-hydrogen) atoms. The van der Waals surface area contributed by atoms with Crippen molar-refractivity contribution in [1.82, 2.24) is 0 Å². The van der Waals surface area contributed by atoms with Gasteiger partial charge in [-0.3, -0.25) is 4.79 Å². The van der Waals surface area contributed by atoms with E-state index in [2.05, 4.69) is 0 Å². The number of carboxylic acids is 1. The summed E-state index contributed by atoms with van der Waals surface area (Å²) in [6.45, 7) is 0. The predicted octanol–water partition coefficient (Wildman–Crippen LogP) is -2.78. The third-order valence-electron chi connectivity index (χ3n) is 1.57. The maximum atomic E-state index is 10.5. The standard InChI is InChI=1S/C8H8O5S.Na/c9-8(10)5-6-1-3-7(4-2-6)14(11,12)13;/h1-4H,5H2,(H,9,10)(H,11,12,13);/q;+1/p-1. The molecule has 1 aromatic carbocycles. The molecule has 0 aliphatic rings. The molecule has 1 N–H and O–H groups in total. The van der Waals surface area contributed by atoms with E-state index in [-0.39, 0.29) is 40.9 Å². The van der Waals surface area contributed by atoms with E-state index in [0.717, 1.165) is 12.1 Å². The summed E-state index contributed by atoms with van der Waals surface area (Å²) < 4.78 is 31.5. The molecule has 0 bridgehead atoms. The Morgan fingerprint density at radius 1 is 1.27 bits per heavy atom. The van der Waals surface area contributed by atoms with Gasteiger partial charge in [0.05, 0.1) is 11.3 Å². The first-order valence-electron chi connectivity index (χ1n) is 3.66. The van der Waals surface area contributed by atoms with Gasteiger partial charge in [0.25, 0.3) is 0 Å². The minimum atomic E-state index is -4.45. The van der Waals surface area contributed by atoms with E-state index >= 15 is 0 Å². The van der Waals surface area contributed by atoms with Crippen molar-refractivity contribution in [3.8, 4) is 0 Å². The Kier molecular flexibility index (Phi) is 5.47. The molecule has 0 spiro atoms. The molecule has 0 saturated heterocycles. The molecule has 0 amide bonds. The molecule has 0 unspecified atom stereocenters. The van der Waals surface area contributed by atoms with Gasteiger partial charge in [-0.1, -0.05) is 12.1 Å². The van der Waals surface area contributed by atoms with Crippen LogP contribution in [0.3, 0.4) is 0 Å². The van der Waals surface area contributed by atoms with Crippen LogP contribution < -0.4 is 29.6 Å². The van der Waals surface area contributed by atoms with Crippen molar-refractivity contribution in [3.05, 3.63) is 29.8 Å². The van der Waals surface area contributed by atoms with Gasteiger partial charge in [-0.2, -0.15) is 0 Å². The first kappa shape index (κ1) is 14.6. The minimum absolute atomic E-state index is 0. The molecule has 1 rings (SSSR count). The average Bonchev–Trinajstić information content (AvgIpc) is 2.02. The smallest absolute Gasteiger partial charge is 0.744 e. The van der Waals surface area contributed by atoms with Crippen molar-refractivity contribution in [2.45, 2.75) is 11.3 Å². The molecular weight excluding hydrogens is 231 g/mol. The van der Waals surface area contributed by atoms with E-state index in [9.17, 15) is 17.8 Å². The fourth-order valence-corrected chi connectivity index (χ4v) is 1.42. The van der Waals surface area contributed by atoms with Crippen LogP contribution in [0.1, 0.15) is 5.56 Å². The normalized spacial score (nSPS) is 10.5. The summed E-state index contributed by atoms with van der Waals surface area (Å²) in [6.07, 6.45) is -0.195. The number of hydrogen-bond donors (Lipinski definition) is 1. The summed E-state index contributed by atoms with van der Waals surface area (Å²) in [4.78, 5) is 9.92.